The zero-order chi connectivity index (χ0) is 14.2. The summed E-state index contributed by atoms with van der Waals surface area (Å²) in [6, 6.07) is 0. The van der Waals surface area contributed by atoms with Crippen LogP contribution in [0, 0.1) is 12.3 Å². The molecule has 0 saturated carbocycles. The molecule has 4 N–H and O–H groups in total. The number of terminal acetylenes is 1. The quantitative estimate of drug-likeness (QED) is 0.615. The smallest absolute Gasteiger partial charge is 0.351 e. The molecule has 7 nitrogen and oxygen atoms in total. The summed E-state index contributed by atoms with van der Waals surface area (Å²) in [7, 11) is 0. The highest BCUT2D eigenvalue weighted by Crippen LogP contribution is 2.35. The van der Waals surface area contributed by atoms with Gasteiger partial charge >= 0.3 is 5.69 Å². The first-order valence-corrected chi connectivity index (χ1v) is 6.21. The van der Waals surface area contributed by atoms with Gasteiger partial charge in [0.25, 0.3) is 0 Å². The molecule has 2 heterocycles. The van der Waals surface area contributed by atoms with E-state index in [1.54, 1.807) is 0 Å². The van der Waals surface area contributed by atoms with Gasteiger partial charge in [-0.3, -0.25) is 4.57 Å². The minimum atomic E-state index is -1.50. The second-order valence-electron chi connectivity index (χ2n) is 4.18. The molecule has 0 amide bonds. The minimum Gasteiger partial charge on any atom is -0.392 e. The number of nitrogen functional groups attached to an aromatic ring is 1. The molecule has 1 aromatic rings. The molecule has 1 unspecified atom stereocenters. The number of hydrogen-bond donors (Lipinski definition) is 3. The SMILES string of the molecule is C#C[C@]1(CO)OC(n2cc(Br)c(N)nc2=O)C[C@@H]1O. The summed E-state index contributed by atoms with van der Waals surface area (Å²) in [5.41, 5.74) is 3.36. The minimum absolute atomic E-state index is 0.0603. The van der Waals surface area contributed by atoms with Crippen LogP contribution in [0.2, 0.25) is 0 Å². The second-order valence-corrected chi connectivity index (χ2v) is 5.03. The predicted octanol–water partition coefficient (Wildman–Crippen LogP) is -0.768. The van der Waals surface area contributed by atoms with E-state index >= 15 is 0 Å². The third-order valence-corrected chi connectivity index (χ3v) is 3.64. The normalized spacial score (nSPS) is 30.2. The van der Waals surface area contributed by atoms with Gasteiger partial charge in [0, 0.05) is 12.6 Å². The summed E-state index contributed by atoms with van der Waals surface area (Å²) in [6.07, 6.45) is 4.87. The molecule has 8 heteroatoms. The maximum atomic E-state index is 11.7. The Kier molecular flexibility index (Phi) is 3.64. The van der Waals surface area contributed by atoms with Gasteiger partial charge in [0.2, 0.25) is 0 Å². The first kappa shape index (κ1) is 14.0. The third-order valence-electron chi connectivity index (χ3n) is 3.03. The molecule has 0 aliphatic carbocycles. The highest BCUT2D eigenvalue weighted by molar-refractivity contribution is 9.10. The fraction of sp³-hybridized carbons (Fsp3) is 0.455. The van der Waals surface area contributed by atoms with E-state index in [1.807, 2.05) is 0 Å². The Morgan fingerprint density at radius 2 is 2.47 bits per heavy atom. The second kappa shape index (κ2) is 4.94. The number of hydrogen-bond acceptors (Lipinski definition) is 6. The number of aliphatic hydroxyl groups is 2. The van der Waals surface area contributed by atoms with Crippen LogP contribution in [0.3, 0.4) is 0 Å². The van der Waals surface area contributed by atoms with Gasteiger partial charge in [-0.1, -0.05) is 5.92 Å². The van der Waals surface area contributed by atoms with Crippen LogP contribution < -0.4 is 11.4 Å². The molecule has 0 aromatic carbocycles. The van der Waals surface area contributed by atoms with Crippen LogP contribution in [0.5, 0.6) is 0 Å². The monoisotopic (exact) mass is 329 g/mol. The first-order valence-electron chi connectivity index (χ1n) is 5.42. The summed E-state index contributed by atoms with van der Waals surface area (Å²) in [5, 5.41) is 19.1. The van der Waals surface area contributed by atoms with Crippen LogP contribution in [0.15, 0.2) is 15.5 Å². The van der Waals surface area contributed by atoms with Gasteiger partial charge in [-0.15, -0.1) is 6.42 Å². The van der Waals surface area contributed by atoms with Crippen LogP contribution in [0.1, 0.15) is 12.6 Å². The lowest BCUT2D eigenvalue weighted by Gasteiger charge is -2.23. The number of aliphatic hydroxyl groups excluding tert-OH is 2. The molecule has 2 rings (SSSR count). The van der Waals surface area contributed by atoms with E-state index in [2.05, 4.69) is 26.8 Å². The van der Waals surface area contributed by atoms with Crippen molar-refractivity contribution in [2.45, 2.75) is 24.4 Å². The maximum absolute atomic E-state index is 11.7. The van der Waals surface area contributed by atoms with E-state index in [9.17, 15) is 15.0 Å². The zero-order valence-electron chi connectivity index (χ0n) is 9.78. The predicted molar refractivity (Wildman–Crippen MR) is 70.0 cm³/mol. The molecule has 102 valence electrons. The topological polar surface area (TPSA) is 111 Å². The lowest BCUT2D eigenvalue weighted by atomic mass is 9.99. The summed E-state index contributed by atoms with van der Waals surface area (Å²) in [6.45, 7) is -0.542. The number of anilines is 1. The fourth-order valence-electron chi connectivity index (χ4n) is 1.90. The van der Waals surface area contributed by atoms with Gasteiger partial charge in [0.05, 0.1) is 11.1 Å². The van der Waals surface area contributed by atoms with Gasteiger partial charge in [0.15, 0.2) is 5.60 Å². The standard InChI is InChI=1S/C11H12BrN3O4/c1-2-11(5-16)7(17)3-8(19-11)15-4-6(12)9(13)14-10(15)18/h1,4,7-8,16-17H,3,5H2,(H2,13,14,18)/t7-,8?,11+/m0/s1. The van der Waals surface area contributed by atoms with Crippen LogP contribution in [0.25, 0.3) is 0 Å². The average molecular weight is 330 g/mol. The van der Waals surface area contributed by atoms with Crippen molar-refractivity contribution in [1.82, 2.24) is 9.55 Å². The van der Waals surface area contributed by atoms with Crippen LogP contribution in [-0.2, 0) is 4.74 Å². The molecule has 1 aliphatic heterocycles. The number of aromatic nitrogens is 2. The van der Waals surface area contributed by atoms with E-state index in [0.717, 1.165) is 0 Å². The number of halogens is 1. The van der Waals surface area contributed by atoms with Gasteiger partial charge in [-0.25, -0.2) is 4.79 Å². The molecule has 0 bridgehead atoms. The van der Waals surface area contributed by atoms with E-state index in [0.29, 0.717) is 4.47 Å². The van der Waals surface area contributed by atoms with E-state index in [4.69, 9.17) is 16.9 Å². The summed E-state index contributed by atoms with van der Waals surface area (Å²) >= 11 is 3.15. The van der Waals surface area contributed by atoms with Gasteiger partial charge in [-0.2, -0.15) is 4.98 Å². The molecular formula is C11H12BrN3O4. The molecule has 1 fully saturated rings. The summed E-state index contributed by atoms with van der Waals surface area (Å²) in [5.74, 6) is 2.29. The molecule has 1 saturated heterocycles. The van der Waals surface area contributed by atoms with Crippen molar-refractivity contribution in [2.24, 2.45) is 0 Å². The molecule has 0 radical (unpaired) electrons. The molecule has 19 heavy (non-hydrogen) atoms. The highest BCUT2D eigenvalue weighted by atomic mass is 79.9. The van der Waals surface area contributed by atoms with E-state index in [-0.39, 0.29) is 12.2 Å². The third kappa shape index (κ3) is 2.26. The Balaban J connectivity index is 2.39. The van der Waals surface area contributed by atoms with E-state index in [1.165, 1.54) is 10.8 Å². The van der Waals surface area contributed by atoms with Crippen molar-refractivity contribution in [1.29, 1.82) is 0 Å². The summed E-state index contributed by atoms with van der Waals surface area (Å²) < 4.78 is 7.04. The number of nitrogens with two attached hydrogens (primary N) is 1. The maximum Gasteiger partial charge on any atom is 0.351 e. The van der Waals surface area contributed by atoms with E-state index < -0.39 is 30.2 Å². The molecule has 0 spiro atoms. The summed E-state index contributed by atoms with van der Waals surface area (Å²) in [4.78, 5) is 15.4. The number of ether oxygens (including phenoxy) is 1. The van der Waals surface area contributed by atoms with Crippen molar-refractivity contribution >= 4 is 21.7 Å². The largest absolute Gasteiger partial charge is 0.392 e. The van der Waals surface area contributed by atoms with Crippen molar-refractivity contribution in [2.75, 3.05) is 12.3 Å². The Morgan fingerprint density at radius 1 is 1.79 bits per heavy atom. The molecule has 1 aromatic heterocycles. The molecule has 3 atom stereocenters. The van der Waals surface area contributed by atoms with Crippen LogP contribution in [0.4, 0.5) is 5.82 Å². The van der Waals surface area contributed by atoms with Gasteiger partial charge in [0.1, 0.15) is 18.1 Å². The van der Waals surface area contributed by atoms with Crippen molar-refractivity contribution in [3.63, 3.8) is 0 Å². The first-order chi connectivity index (χ1) is 8.93. The highest BCUT2D eigenvalue weighted by Gasteiger charge is 2.47. The van der Waals surface area contributed by atoms with Crippen molar-refractivity contribution in [3.05, 3.63) is 21.2 Å². The zero-order valence-corrected chi connectivity index (χ0v) is 11.4. The Morgan fingerprint density at radius 3 is 3.00 bits per heavy atom. The Bertz CT molecular complexity index is 597. The van der Waals surface area contributed by atoms with Gasteiger partial charge < -0.3 is 20.7 Å². The molecular weight excluding hydrogens is 318 g/mol. The lowest BCUT2D eigenvalue weighted by molar-refractivity contribution is -0.0912. The fourth-order valence-corrected chi connectivity index (χ4v) is 2.21. The van der Waals surface area contributed by atoms with Crippen molar-refractivity contribution < 1.29 is 14.9 Å². The van der Waals surface area contributed by atoms with Crippen LogP contribution >= 0.6 is 15.9 Å². The average Bonchev–Trinajstić information content (AvgIpc) is 2.71. The number of rotatable bonds is 2. The van der Waals surface area contributed by atoms with Crippen molar-refractivity contribution in [3.8, 4) is 12.3 Å². The van der Waals surface area contributed by atoms with Gasteiger partial charge in [-0.05, 0) is 15.9 Å². The Labute approximate surface area is 117 Å². The Hall–Kier alpha value is -1.40. The number of nitrogens with zero attached hydrogens (tertiary/aromatic N) is 2. The van der Waals surface area contributed by atoms with Crippen LogP contribution in [-0.4, -0.2) is 38.1 Å². The lowest BCUT2D eigenvalue weighted by Crippen LogP contribution is -2.41. The molecule has 1 aliphatic rings.